The van der Waals surface area contributed by atoms with E-state index >= 15 is 0 Å². The molecule has 0 aliphatic rings. The molecule has 0 saturated heterocycles. The molecule has 480 valence electrons. The molecule has 0 bridgehead atoms. The van der Waals surface area contributed by atoms with Gasteiger partial charge in [-0.15, -0.1) is 20.5 Å². The van der Waals surface area contributed by atoms with Crippen molar-refractivity contribution >= 4 is 172 Å². The number of nitrogens with zero attached hydrogens (tertiary/aromatic N) is 8. The third-order valence-corrected chi connectivity index (χ3v) is 16.5. The summed E-state index contributed by atoms with van der Waals surface area (Å²) in [4.78, 5) is -2.76. The Morgan fingerprint density at radius 2 is 0.692 bits per heavy atom. The van der Waals surface area contributed by atoms with Crippen molar-refractivity contribution in [3.63, 3.8) is 0 Å². The molecular weight excluding hydrogens is 1350 g/mol. The van der Waals surface area contributed by atoms with Gasteiger partial charge in [0.25, 0.3) is 70.8 Å². The Morgan fingerprint density at radius 3 is 1.10 bits per heavy atom. The van der Waals surface area contributed by atoms with Crippen LogP contribution in [-0.2, 0) is 70.8 Å². The number of nitrogens with one attached hydrogen (secondary N) is 5. The van der Waals surface area contributed by atoms with Crippen LogP contribution in [0.4, 0.5) is 79.6 Å². The fourth-order valence-electron chi connectivity index (χ4n) is 7.94. The van der Waals surface area contributed by atoms with Crippen molar-refractivity contribution in [1.29, 1.82) is 0 Å². The first-order valence-electron chi connectivity index (χ1n) is 24.5. The normalized spacial score (nSPS) is 13.0. The van der Waals surface area contributed by atoms with E-state index in [-0.39, 0.29) is 84.1 Å². The number of hydrogen-bond acceptors (Lipinski definition) is 29. The summed E-state index contributed by atoms with van der Waals surface area (Å²) >= 11 is 0. The summed E-state index contributed by atoms with van der Waals surface area (Å²) in [5.41, 5.74) is -2.86. The summed E-state index contributed by atoms with van der Waals surface area (Å²) in [7, 11) is -33.8. The minimum Gasteiger partial charge on any atom is -0.505 e. The minimum absolute atomic E-state index is 0.0167. The second-order valence-corrected chi connectivity index (χ2v) is 28.6. The van der Waals surface area contributed by atoms with Crippen LogP contribution >= 0.6 is 0 Å². The van der Waals surface area contributed by atoms with Gasteiger partial charge in [0.2, 0.25) is 0 Å². The molecule has 0 spiro atoms. The SMILES string of the molecule is O=S(=O)(O)CNc1ccc(N=Nc2ccc3cc(S(=O)(=O)O)c(N=Nc4cccc(Nc5ccc(N=Nc6c(S(=O)(=O)O)cc7ccc(N=Nc8ccc(NCS(=O)(=O)O)cc8NCS(=O)(=O)O)cc7c6O)cc5S(=O)(=O)O)c4)c(O)c3c2)c(NCS(=O)(=O)O)c1. The highest BCUT2D eigenvalue weighted by Crippen LogP contribution is 2.45. The molecule has 0 amide bonds. The third-order valence-electron chi connectivity index (χ3n) is 11.9. The molecule has 43 heteroatoms. The molecule has 0 fully saturated rings. The Bertz CT molecular complexity index is 5240. The van der Waals surface area contributed by atoms with Gasteiger partial charge >= 0.3 is 0 Å². The summed E-state index contributed by atoms with van der Waals surface area (Å²) in [5.74, 6) is -5.71. The predicted octanol–water partition coefficient (Wildman–Crippen LogP) is 9.58. The second-order valence-electron chi connectivity index (χ2n) is 18.6. The molecule has 91 heavy (non-hydrogen) atoms. The average Bonchev–Trinajstić information content (AvgIpc) is 0.786. The van der Waals surface area contributed by atoms with Crippen molar-refractivity contribution < 1.29 is 101 Å². The zero-order valence-electron chi connectivity index (χ0n) is 45.1. The number of aromatic hydroxyl groups is 2. The molecule has 8 aromatic rings. The van der Waals surface area contributed by atoms with E-state index in [1.54, 1.807) is 0 Å². The van der Waals surface area contributed by atoms with Gasteiger partial charge in [0.05, 0.1) is 39.8 Å². The van der Waals surface area contributed by atoms with Gasteiger partial charge < -0.3 is 36.8 Å². The van der Waals surface area contributed by atoms with Gasteiger partial charge in [-0.2, -0.15) is 79.4 Å². The van der Waals surface area contributed by atoms with Crippen LogP contribution in [0.25, 0.3) is 21.5 Å². The fourth-order valence-corrected chi connectivity index (χ4v) is 11.3. The van der Waals surface area contributed by atoms with Gasteiger partial charge in [-0.25, -0.2) is 0 Å². The number of phenolic OH excluding ortho intramolecular Hbond substituents is 2. The molecule has 0 radical (unpaired) electrons. The lowest BCUT2D eigenvalue weighted by Crippen LogP contribution is -2.14. The Labute approximate surface area is 514 Å². The van der Waals surface area contributed by atoms with Gasteiger partial charge in [-0.05, 0) is 120 Å². The maximum atomic E-state index is 12.8. The Balaban J connectivity index is 1.06. The Kier molecular flexibility index (Phi) is 19.5. The highest BCUT2D eigenvalue weighted by molar-refractivity contribution is 7.87. The lowest BCUT2D eigenvalue weighted by Gasteiger charge is -2.12. The van der Waals surface area contributed by atoms with Crippen LogP contribution < -0.4 is 26.6 Å². The van der Waals surface area contributed by atoms with Crippen molar-refractivity contribution in [3.05, 3.63) is 127 Å². The van der Waals surface area contributed by atoms with Gasteiger partial charge in [0, 0.05) is 27.8 Å². The zero-order valence-corrected chi connectivity index (χ0v) is 50.8. The van der Waals surface area contributed by atoms with Gasteiger partial charge in [0.1, 0.15) is 60.9 Å². The second kappa shape index (κ2) is 26.2. The van der Waals surface area contributed by atoms with Gasteiger partial charge in [-0.3, -0.25) is 31.9 Å². The van der Waals surface area contributed by atoms with E-state index in [0.29, 0.717) is 0 Å². The molecule has 0 aliphatic carbocycles. The van der Waals surface area contributed by atoms with Crippen molar-refractivity contribution in [2.24, 2.45) is 40.9 Å². The molecule has 14 N–H and O–H groups in total. The standard InChI is InChI=1S/C48H43N13O23S7/c62-47-35-17-32(54-58-37-11-8-28(49-22-85(64,65)66)19-40(37)51-24-87(70,71)72)6-4-26(35)14-43(90(79,80)81)45(47)60-56-31-3-1-2-30(16-31)53-39-13-10-34(21-42(39)89(76,77)78)57-61-46-44(91(82,83)84)15-27-5-7-33(18-36(27)48(46)63)55-59-38-12-9-29(50-23-86(67,68)69)20-41(38)52-25-88(73,74)75/h1-21,49-53,62-63H,22-25H2,(H,64,65,66)(H,67,68,69)(H,70,71,72)(H,73,74,75)(H,76,77,78)(H,79,80,81)(H,82,83,84). The molecule has 0 heterocycles. The van der Waals surface area contributed by atoms with Crippen molar-refractivity contribution in [2.45, 2.75) is 14.7 Å². The van der Waals surface area contributed by atoms with Crippen LogP contribution in [0.1, 0.15) is 0 Å². The minimum atomic E-state index is -5.21. The summed E-state index contributed by atoms with van der Waals surface area (Å²) in [6.45, 7) is 0. The maximum Gasteiger partial charge on any atom is 0.296 e. The average molecular weight is 1390 g/mol. The number of hydrogen-bond donors (Lipinski definition) is 14. The monoisotopic (exact) mass is 1390 g/mol. The number of rotatable bonds is 25. The molecular formula is C48H43N13O23S7. The highest BCUT2D eigenvalue weighted by atomic mass is 32.2. The molecule has 36 nitrogen and oxygen atoms in total. The van der Waals surface area contributed by atoms with Crippen LogP contribution in [0.3, 0.4) is 0 Å². The number of azo groups is 4. The van der Waals surface area contributed by atoms with E-state index in [9.17, 15) is 91.9 Å². The lowest BCUT2D eigenvalue weighted by molar-refractivity contribution is 0.471. The summed E-state index contributed by atoms with van der Waals surface area (Å²) in [6.07, 6.45) is 0. The predicted molar refractivity (Wildman–Crippen MR) is 327 cm³/mol. The zero-order chi connectivity index (χ0) is 66.6. The van der Waals surface area contributed by atoms with Crippen molar-refractivity contribution in [2.75, 3.05) is 50.1 Å². The molecule has 0 saturated carbocycles. The van der Waals surface area contributed by atoms with Crippen LogP contribution in [-0.4, -0.2) is 125 Å². The van der Waals surface area contributed by atoms with E-state index in [1.165, 1.54) is 97.1 Å². The number of phenols is 2. The van der Waals surface area contributed by atoms with E-state index in [1.807, 2.05) is 0 Å². The first kappa shape index (κ1) is 67.6. The van der Waals surface area contributed by atoms with Crippen molar-refractivity contribution in [1.82, 2.24) is 0 Å². The molecule has 0 unspecified atom stereocenters. The smallest absolute Gasteiger partial charge is 0.296 e. The van der Waals surface area contributed by atoms with Crippen LogP contribution in [0.5, 0.6) is 11.5 Å². The molecule has 8 aromatic carbocycles. The fraction of sp³-hybridized carbons (Fsp3) is 0.0833. The molecule has 0 atom stereocenters. The third kappa shape index (κ3) is 18.6. The number of fused-ring (bicyclic) bond motifs is 2. The molecule has 0 aromatic heterocycles. The largest absolute Gasteiger partial charge is 0.505 e. The topological polar surface area (TPSA) is 580 Å². The van der Waals surface area contributed by atoms with E-state index in [4.69, 9.17) is 9.11 Å². The Hall–Kier alpha value is -9.35. The van der Waals surface area contributed by atoms with Crippen LogP contribution in [0, 0.1) is 0 Å². The summed E-state index contributed by atoms with van der Waals surface area (Å²) in [5, 5.41) is 66.6. The quantitative estimate of drug-likeness (QED) is 0.0187. The van der Waals surface area contributed by atoms with E-state index in [2.05, 4.69) is 67.5 Å². The maximum absolute atomic E-state index is 12.8. The lowest BCUT2D eigenvalue weighted by atomic mass is 10.1. The van der Waals surface area contributed by atoms with Gasteiger partial charge in [0.15, 0.2) is 11.5 Å². The van der Waals surface area contributed by atoms with Crippen LogP contribution in [0.15, 0.2) is 183 Å². The number of benzene rings is 8. The number of anilines is 6. The van der Waals surface area contributed by atoms with E-state index < -0.39 is 138 Å². The molecule has 0 aliphatic heterocycles. The highest BCUT2D eigenvalue weighted by Gasteiger charge is 2.25. The van der Waals surface area contributed by atoms with E-state index in [0.717, 1.165) is 30.3 Å². The van der Waals surface area contributed by atoms with Crippen molar-refractivity contribution in [3.8, 4) is 11.5 Å². The summed E-state index contributed by atoms with van der Waals surface area (Å²) in [6, 6.07) is 25.0. The summed E-state index contributed by atoms with van der Waals surface area (Å²) < 4.78 is 235. The van der Waals surface area contributed by atoms with Gasteiger partial charge in [-0.1, -0.05) is 18.2 Å². The molecule has 8 rings (SSSR count). The first-order chi connectivity index (χ1) is 42.2. The van der Waals surface area contributed by atoms with Crippen LogP contribution in [0.2, 0.25) is 0 Å². The Morgan fingerprint density at radius 1 is 0.319 bits per heavy atom. The first-order valence-corrected chi connectivity index (χ1v) is 35.3.